The zero-order valence-corrected chi connectivity index (χ0v) is 9.00. The van der Waals surface area contributed by atoms with Crippen LogP contribution in [0.5, 0.6) is 0 Å². The van der Waals surface area contributed by atoms with Crippen LogP contribution in [-0.2, 0) is 9.47 Å². The molecule has 2 fully saturated rings. The molecule has 1 aliphatic carbocycles. The van der Waals surface area contributed by atoms with Gasteiger partial charge in [-0.1, -0.05) is 6.92 Å². The molecular weight excluding hydrogens is 178 g/mol. The molecule has 2 unspecified atom stereocenters. The number of hydrogen-bond acceptors (Lipinski definition) is 3. The van der Waals surface area contributed by atoms with Gasteiger partial charge in [0.25, 0.3) is 0 Å². The van der Waals surface area contributed by atoms with Gasteiger partial charge in [0.15, 0.2) is 0 Å². The van der Waals surface area contributed by atoms with Crippen LogP contribution in [0.25, 0.3) is 0 Å². The molecule has 1 saturated heterocycles. The first-order valence-electron chi connectivity index (χ1n) is 5.85. The lowest BCUT2D eigenvalue weighted by Crippen LogP contribution is -2.43. The minimum atomic E-state index is 0.389. The fourth-order valence-corrected chi connectivity index (χ4v) is 2.31. The first-order valence-corrected chi connectivity index (χ1v) is 5.85. The van der Waals surface area contributed by atoms with Crippen LogP contribution in [0, 0.1) is 0 Å². The smallest absolute Gasteiger partial charge is 0.104 e. The fraction of sp³-hybridized carbons (Fsp3) is 1.00. The van der Waals surface area contributed by atoms with Gasteiger partial charge in [0.1, 0.15) is 6.10 Å². The lowest BCUT2D eigenvalue weighted by molar-refractivity contribution is -0.161. The summed E-state index contributed by atoms with van der Waals surface area (Å²) in [6.45, 7) is 4.86. The van der Waals surface area contributed by atoms with Crippen LogP contribution in [0.1, 0.15) is 32.6 Å². The Morgan fingerprint density at radius 1 is 1.29 bits per heavy atom. The summed E-state index contributed by atoms with van der Waals surface area (Å²) in [5, 5.41) is 3.51. The molecule has 82 valence electrons. The van der Waals surface area contributed by atoms with Crippen LogP contribution >= 0.6 is 0 Å². The van der Waals surface area contributed by atoms with Gasteiger partial charge in [-0.05, 0) is 32.2 Å². The Labute approximate surface area is 86.2 Å². The molecular formula is C11H21NO2. The van der Waals surface area contributed by atoms with E-state index >= 15 is 0 Å². The van der Waals surface area contributed by atoms with Crippen molar-refractivity contribution >= 4 is 0 Å². The zero-order chi connectivity index (χ0) is 9.80. The maximum absolute atomic E-state index is 5.94. The van der Waals surface area contributed by atoms with Gasteiger partial charge < -0.3 is 14.8 Å². The van der Waals surface area contributed by atoms with E-state index in [1.165, 1.54) is 25.7 Å². The largest absolute Gasteiger partial charge is 0.376 e. The van der Waals surface area contributed by atoms with Gasteiger partial charge >= 0.3 is 0 Å². The zero-order valence-electron chi connectivity index (χ0n) is 9.00. The van der Waals surface area contributed by atoms with Gasteiger partial charge in [-0.2, -0.15) is 0 Å². The van der Waals surface area contributed by atoms with Crippen molar-refractivity contribution in [2.45, 2.75) is 50.9 Å². The van der Waals surface area contributed by atoms with Crippen LogP contribution in [0.4, 0.5) is 0 Å². The standard InChI is InChI=1S/C11H21NO2/c1-2-12-9-4-3-5-10(6-9)14-11-7-13-8-11/h9-12H,2-8H2,1H3. The van der Waals surface area contributed by atoms with E-state index in [0.29, 0.717) is 18.2 Å². The molecule has 2 aliphatic rings. The average Bonchev–Trinajstić information content (AvgIpc) is 2.13. The molecule has 0 bridgehead atoms. The summed E-state index contributed by atoms with van der Waals surface area (Å²) in [5.74, 6) is 0. The molecule has 1 heterocycles. The molecule has 0 amide bonds. The number of hydrogen-bond donors (Lipinski definition) is 1. The predicted molar refractivity (Wildman–Crippen MR) is 55.4 cm³/mol. The molecule has 3 nitrogen and oxygen atoms in total. The van der Waals surface area contributed by atoms with Crippen molar-refractivity contribution in [2.75, 3.05) is 19.8 Å². The highest BCUT2D eigenvalue weighted by molar-refractivity contribution is 4.79. The lowest BCUT2D eigenvalue weighted by Gasteiger charge is -2.35. The highest BCUT2D eigenvalue weighted by Crippen LogP contribution is 2.23. The minimum Gasteiger partial charge on any atom is -0.376 e. The van der Waals surface area contributed by atoms with Crippen molar-refractivity contribution in [3.05, 3.63) is 0 Å². The summed E-state index contributed by atoms with van der Waals surface area (Å²) in [7, 11) is 0. The summed E-state index contributed by atoms with van der Waals surface area (Å²) < 4.78 is 11.0. The molecule has 2 atom stereocenters. The quantitative estimate of drug-likeness (QED) is 0.741. The Kier molecular flexibility index (Phi) is 3.79. The first-order chi connectivity index (χ1) is 6.88. The first kappa shape index (κ1) is 10.4. The number of rotatable bonds is 4. The average molecular weight is 199 g/mol. The van der Waals surface area contributed by atoms with E-state index in [1.54, 1.807) is 0 Å². The molecule has 3 heteroatoms. The lowest BCUT2D eigenvalue weighted by atomic mass is 9.92. The van der Waals surface area contributed by atoms with E-state index in [4.69, 9.17) is 9.47 Å². The molecule has 2 rings (SSSR count). The van der Waals surface area contributed by atoms with E-state index in [1.807, 2.05) is 0 Å². The summed E-state index contributed by atoms with van der Waals surface area (Å²) in [5.41, 5.74) is 0. The van der Waals surface area contributed by atoms with Crippen LogP contribution in [-0.4, -0.2) is 38.0 Å². The highest BCUT2D eigenvalue weighted by Gasteiger charge is 2.27. The Balaban J connectivity index is 1.69. The number of ether oxygens (including phenoxy) is 2. The third-order valence-electron chi connectivity index (χ3n) is 3.11. The third-order valence-corrected chi connectivity index (χ3v) is 3.11. The predicted octanol–water partition coefficient (Wildman–Crippen LogP) is 1.32. The highest BCUT2D eigenvalue weighted by atomic mass is 16.6. The Hall–Kier alpha value is -0.120. The van der Waals surface area contributed by atoms with Gasteiger partial charge in [0, 0.05) is 6.04 Å². The summed E-state index contributed by atoms with van der Waals surface area (Å²) in [6, 6.07) is 0.680. The van der Waals surface area contributed by atoms with Crippen molar-refractivity contribution in [1.29, 1.82) is 0 Å². The topological polar surface area (TPSA) is 30.5 Å². The van der Waals surface area contributed by atoms with Crippen molar-refractivity contribution in [1.82, 2.24) is 5.32 Å². The molecule has 0 spiro atoms. The van der Waals surface area contributed by atoms with Crippen LogP contribution in [0.3, 0.4) is 0 Å². The molecule has 0 aromatic heterocycles. The monoisotopic (exact) mass is 199 g/mol. The van der Waals surface area contributed by atoms with Gasteiger partial charge in [-0.15, -0.1) is 0 Å². The van der Waals surface area contributed by atoms with Crippen molar-refractivity contribution in [2.24, 2.45) is 0 Å². The van der Waals surface area contributed by atoms with Crippen LogP contribution in [0.15, 0.2) is 0 Å². The molecule has 1 aliphatic heterocycles. The van der Waals surface area contributed by atoms with Crippen LogP contribution < -0.4 is 5.32 Å². The van der Waals surface area contributed by atoms with Gasteiger partial charge in [-0.25, -0.2) is 0 Å². The second kappa shape index (κ2) is 5.10. The van der Waals surface area contributed by atoms with E-state index in [-0.39, 0.29) is 0 Å². The Morgan fingerprint density at radius 3 is 2.79 bits per heavy atom. The van der Waals surface area contributed by atoms with Gasteiger partial charge in [0.2, 0.25) is 0 Å². The van der Waals surface area contributed by atoms with E-state index in [2.05, 4.69) is 12.2 Å². The van der Waals surface area contributed by atoms with Crippen molar-refractivity contribution in [3.63, 3.8) is 0 Å². The maximum Gasteiger partial charge on any atom is 0.104 e. The van der Waals surface area contributed by atoms with E-state index < -0.39 is 0 Å². The third kappa shape index (κ3) is 2.69. The minimum absolute atomic E-state index is 0.389. The van der Waals surface area contributed by atoms with Gasteiger partial charge in [0.05, 0.1) is 19.3 Å². The molecule has 0 radical (unpaired) electrons. The second-order valence-electron chi connectivity index (χ2n) is 4.34. The van der Waals surface area contributed by atoms with E-state index in [0.717, 1.165) is 19.8 Å². The summed E-state index contributed by atoms with van der Waals surface area (Å²) in [6.07, 6.45) is 5.90. The van der Waals surface area contributed by atoms with Crippen molar-refractivity contribution in [3.8, 4) is 0 Å². The molecule has 14 heavy (non-hydrogen) atoms. The molecule has 1 N–H and O–H groups in total. The normalized spacial score (nSPS) is 34.1. The van der Waals surface area contributed by atoms with E-state index in [9.17, 15) is 0 Å². The second-order valence-corrected chi connectivity index (χ2v) is 4.34. The van der Waals surface area contributed by atoms with Crippen molar-refractivity contribution < 1.29 is 9.47 Å². The molecule has 0 aromatic rings. The van der Waals surface area contributed by atoms with Crippen LogP contribution in [0.2, 0.25) is 0 Å². The molecule has 0 aromatic carbocycles. The SMILES string of the molecule is CCNC1CCCC(OC2COC2)C1. The summed E-state index contributed by atoms with van der Waals surface area (Å²) in [4.78, 5) is 0. The maximum atomic E-state index is 5.94. The summed E-state index contributed by atoms with van der Waals surface area (Å²) >= 11 is 0. The number of nitrogens with one attached hydrogen (secondary N) is 1. The van der Waals surface area contributed by atoms with Gasteiger partial charge in [-0.3, -0.25) is 0 Å². The Bertz CT molecular complexity index is 169. The Morgan fingerprint density at radius 2 is 2.14 bits per heavy atom. The fourth-order valence-electron chi connectivity index (χ4n) is 2.31. The molecule has 1 saturated carbocycles.